The van der Waals surface area contributed by atoms with E-state index in [4.69, 9.17) is 0 Å². The third-order valence-corrected chi connectivity index (χ3v) is 11.1. The Morgan fingerprint density at radius 1 is 0.265 bits per heavy atom. The van der Waals surface area contributed by atoms with E-state index in [0.29, 0.717) is 0 Å². The van der Waals surface area contributed by atoms with Crippen molar-refractivity contribution in [3.05, 3.63) is 181 Å². The molecule has 49 heavy (non-hydrogen) atoms. The van der Waals surface area contributed by atoms with Crippen LogP contribution < -0.4 is 0 Å². The summed E-state index contributed by atoms with van der Waals surface area (Å²) < 4.78 is 0. The minimum absolute atomic E-state index is 0.0317. The maximum Gasteiger partial charge on any atom is 0.0159 e. The highest BCUT2D eigenvalue weighted by Crippen LogP contribution is 2.53. The van der Waals surface area contributed by atoms with E-state index < -0.39 is 0 Å². The molecule has 0 saturated heterocycles. The van der Waals surface area contributed by atoms with Gasteiger partial charge in [0, 0.05) is 5.41 Å². The molecule has 10 rings (SSSR count). The molecule has 1 aliphatic carbocycles. The Labute approximate surface area is 286 Å². The van der Waals surface area contributed by atoms with E-state index in [9.17, 15) is 0 Å². The van der Waals surface area contributed by atoms with Crippen LogP contribution in [0.5, 0.6) is 0 Å². The van der Waals surface area contributed by atoms with Gasteiger partial charge in [0.25, 0.3) is 0 Å². The van der Waals surface area contributed by atoms with Crippen LogP contribution in [0.15, 0.2) is 170 Å². The van der Waals surface area contributed by atoms with Gasteiger partial charge in [0.2, 0.25) is 0 Å². The Morgan fingerprint density at radius 3 is 1.35 bits per heavy atom. The molecule has 0 aliphatic heterocycles. The molecule has 0 atom stereocenters. The number of benzene rings is 9. The van der Waals surface area contributed by atoms with Crippen LogP contribution in [-0.2, 0) is 5.41 Å². The highest BCUT2D eigenvalue weighted by atomic mass is 14.4. The van der Waals surface area contributed by atoms with Crippen molar-refractivity contribution in [2.24, 2.45) is 0 Å². The van der Waals surface area contributed by atoms with Crippen molar-refractivity contribution in [3.8, 4) is 44.5 Å². The SMILES string of the molecule is CC1(C)c2ccccc2-c2c1ccc1c(-c3c4ccccc4c(-c4ccc(-c5ccccc5)c5ccccc45)c4ccccc34)cccc21. The van der Waals surface area contributed by atoms with Gasteiger partial charge < -0.3 is 0 Å². The first kappa shape index (κ1) is 28.1. The molecule has 0 fully saturated rings. The van der Waals surface area contributed by atoms with Gasteiger partial charge in [-0.1, -0.05) is 184 Å². The highest BCUT2D eigenvalue weighted by Gasteiger charge is 2.36. The zero-order chi connectivity index (χ0) is 32.7. The second-order valence-corrected chi connectivity index (χ2v) is 14.0. The van der Waals surface area contributed by atoms with Gasteiger partial charge >= 0.3 is 0 Å². The lowest BCUT2D eigenvalue weighted by atomic mass is 9.81. The first-order valence-corrected chi connectivity index (χ1v) is 17.3. The Hall–Kier alpha value is -5.98. The Bertz CT molecular complexity index is 2720. The largest absolute Gasteiger partial charge is 0.0622 e. The Kier molecular flexibility index (Phi) is 6.02. The van der Waals surface area contributed by atoms with E-state index in [0.717, 1.165) is 0 Å². The van der Waals surface area contributed by atoms with Crippen molar-refractivity contribution in [2.45, 2.75) is 19.3 Å². The normalized spacial score (nSPS) is 13.3. The molecule has 0 spiro atoms. The Balaban J connectivity index is 1.29. The van der Waals surface area contributed by atoms with Gasteiger partial charge in [-0.25, -0.2) is 0 Å². The predicted molar refractivity (Wildman–Crippen MR) is 210 cm³/mol. The van der Waals surface area contributed by atoms with Crippen LogP contribution in [-0.4, -0.2) is 0 Å². The van der Waals surface area contributed by atoms with Crippen LogP contribution in [0.4, 0.5) is 0 Å². The average molecular weight is 623 g/mol. The predicted octanol–water partition coefficient (Wildman–Crippen LogP) is 13.6. The van der Waals surface area contributed by atoms with Crippen LogP contribution in [0.3, 0.4) is 0 Å². The third-order valence-electron chi connectivity index (χ3n) is 11.1. The first-order chi connectivity index (χ1) is 24.1. The van der Waals surface area contributed by atoms with Crippen LogP contribution >= 0.6 is 0 Å². The van der Waals surface area contributed by atoms with Crippen LogP contribution in [0.1, 0.15) is 25.0 Å². The van der Waals surface area contributed by atoms with Crippen molar-refractivity contribution < 1.29 is 0 Å². The van der Waals surface area contributed by atoms with Gasteiger partial charge in [-0.15, -0.1) is 0 Å². The van der Waals surface area contributed by atoms with Crippen molar-refractivity contribution in [2.75, 3.05) is 0 Å². The van der Waals surface area contributed by atoms with E-state index in [1.807, 2.05) is 0 Å². The molecule has 0 amide bonds. The lowest BCUT2D eigenvalue weighted by Gasteiger charge is -2.22. The fourth-order valence-electron chi connectivity index (χ4n) is 8.87. The highest BCUT2D eigenvalue weighted by molar-refractivity contribution is 6.26. The molecule has 0 unspecified atom stereocenters. The van der Waals surface area contributed by atoms with E-state index in [1.54, 1.807) is 0 Å². The van der Waals surface area contributed by atoms with E-state index in [2.05, 4.69) is 184 Å². The summed E-state index contributed by atoms with van der Waals surface area (Å²) in [5, 5.41) is 10.3. The van der Waals surface area contributed by atoms with Crippen molar-refractivity contribution >= 4 is 43.1 Å². The molecule has 9 aromatic carbocycles. The van der Waals surface area contributed by atoms with Gasteiger partial charge in [0.15, 0.2) is 0 Å². The fourth-order valence-corrected chi connectivity index (χ4v) is 8.87. The van der Waals surface area contributed by atoms with E-state index in [1.165, 1.54) is 98.7 Å². The quantitative estimate of drug-likeness (QED) is 0.172. The molecular weight excluding hydrogens is 589 g/mol. The molecule has 1 aliphatic rings. The van der Waals surface area contributed by atoms with Gasteiger partial charge in [0.1, 0.15) is 0 Å². The van der Waals surface area contributed by atoms with E-state index >= 15 is 0 Å². The third kappa shape index (κ3) is 3.98. The van der Waals surface area contributed by atoms with Crippen LogP contribution in [0, 0.1) is 0 Å². The van der Waals surface area contributed by atoms with Gasteiger partial charge in [0.05, 0.1) is 0 Å². The molecular formula is C49H34. The Morgan fingerprint density at radius 2 is 0.694 bits per heavy atom. The maximum atomic E-state index is 2.39. The zero-order valence-electron chi connectivity index (χ0n) is 27.7. The molecule has 0 heteroatoms. The van der Waals surface area contributed by atoms with Crippen molar-refractivity contribution in [3.63, 3.8) is 0 Å². The standard InChI is InChI=1S/C49H34/c1-49(2)44-26-13-12-23-43(44)48-37-25-14-24-36(35(37)29-30-45(48)49)46-38-19-8-10-21-40(38)47(41-22-11-9-20-39(41)46)42-28-27-32(31-15-4-3-5-16-31)33-17-6-7-18-34(33)42/h3-30H,1-2H3. The molecule has 9 aromatic rings. The summed E-state index contributed by atoms with van der Waals surface area (Å²) in [6.07, 6.45) is 0. The molecule has 0 bridgehead atoms. The summed E-state index contributed by atoms with van der Waals surface area (Å²) in [6, 6.07) is 63.1. The molecule has 0 aromatic heterocycles. The molecule has 0 N–H and O–H groups in total. The van der Waals surface area contributed by atoms with Gasteiger partial charge in [-0.3, -0.25) is 0 Å². The lowest BCUT2D eigenvalue weighted by molar-refractivity contribution is 0.661. The zero-order valence-corrected chi connectivity index (χ0v) is 27.7. The smallest absolute Gasteiger partial charge is 0.0159 e. The summed E-state index contributed by atoms with van der Waals surface area (Å²) in [5.41, 5.74) is 13.2. The van der Waals surface area contributed by atoms with Crippen LogP contribution in [0.25, 0.3) is 87.6 Å². The second kappa shape index (κ2) is 10.5. The van der Waals surface area contributed by atoms with Crippen molar-refractivity contribution in [1.29, 1.82) is 0 Å². The topological polar surface area (TPSA) is 0 Å². The molecule has 230 valence electrons. The summed E-state index contributed by atoms with van der Waals surface area (Å²) >= 11 is 0. The minimum atomic E-state index is -0.0317. The molecule has 0 radical (unpaired) electrons. The van der Waals surface area contributed by atoms with Gasteiger partial charge in [-0.05, 0) is 98.7 Å². The minimum Gasteiger partial charge on any atom is -0.0622 e. The fraction of sp³-hybridized carbons (Fsp3) is 0.0612. The summed E-state index contributed by atoms with van der Waals surface area (Å²) in [5.74, 6) is 0. The van der Waals surface area contributed by atoms with Crippen molar-refractivity contribution in [1.82, 2.24) is 0 Å². The average Bonchev–Trinajstić information content (AvgIpc) is 3.40. The molecule has 0 nitrogen and oxygen atoms in total. The first-order valence-electron chi connectivity index (χ1n) is 17.3. The summed E-state index contributed by atoms with van der Waals surface area (Å²) in [7, 11) is 0. The van der Waals surface area contributed by atoms with E-state index in [-0.39, 0.29) is 5.41 Å². The number of hydrogen-bond acceptors (Lipinski definition) is 0. The maximum absolute atomic E-state index is 2.39. The second-order valence-electron chi connectivity index (χ2n) is 14.0. The van der Waals surface area contributed by atoms with Crippen LogP contribution in [0.2, 0.25) is 0 Å². The van der Waals surface area contributed by atoms with Gasteiger partial charge in [-0.2, -0.15) is 0 Å². The molecule has 0 heterocycles. The molecule has 0 saturated carbocycles. The monoisotopic (exact) mass is 622 g/mol. The lowest BCUT2D eigenvalue weighted by Crippen LogP contribution is -2.14. The number of rotatable bonds is 3. The summed E-state index contributed by atoms with van der Waals surface area (Å²) in [6.45, 7) is 4.73. The summed E-state index contributed by atoms with van der Waals surface area (Å²) in [4.78, 5) is 0. The number of fused-ring (bicyclic) bond motifs is 8. The number of hydrogen-bond donors (Lipinski definition) is 0.